The van der Waals surface area contributed by atoms with Crippen LogP contribution in [-0.2, 0) is 16.0 Å². The van der Waals surface area contributed by atoms with E-state index in [2.05, 4.69) is 20.7 Å². The highest BCUT2D eigenvalue weighted by Gasteiger charge is 2.12. The van der Waals surface area contributed by atoms with Gasteiger partial charge in [-0.05, 0) is 13.0 Å². The zero-order valence-electron chi connectivity index (χ0n) is 8.96. The Bertz CT molecular complexity index is 374. The minimum Gasteiger partial charge on any atom is -0.496 e. The highest BCUT2D eigenvalue weighted by atomic mass is 79.9. The molecule has 1 aromatic rings. The second-order valence-electron chi connectivity index (χ2n) is 3.12. The zero-order chi connectivity index (χ0) is 11.4. The molecule has 0 saturated heterocycles. The van der Waals surface area contributed by atoms with Crippen molar-refractivity contribution in [3.8, 4) is 5.75 Å². The van der Waals surface area contributed by atoms with Gasteiger partial charge in [-0.15, -0.1) is 0 Å². The minimum atomic E-state index is -0.268. The zero-order valence-corrected chi connectivity index (χ0v) is 10.6. The van der Waals surface area contributed by atoms with Crippen molar-refractivity contribution in [1.29, 1.82) is 0 Å². The van der Waals surface area contributed by atoms with Crippen LogP contribution in [-0.4, -0.2) is 20.2 Å². The van der Waals surface area contributed by atoms with Crippen LogP contribution in [0.2, 0.25) is 0 Å². The van der Waals surface area contributed by atoms with E-state index < -0.39 is 0 Å². The van der Waals surface area contributed by atoms with Crippen LogP contribution in [0.25, 0.3) is 0 Å². The van der Waals surface area contributed by atoms with Gasteiger partial charge in [0.25, 0.3) is 0 Å². The van der Waals surface area contributed by atoms with Crippen LogP contribution in [0.3, 0.4) is 0 Å². The molecule has 0 saturated carbocycles. The van der Waals surface area contributed by atoms with Gasteiger partial charge in [-0.2, -0.15) is 0 Å². The number of hydrogen-bond acceptors (Lipinski definition) is 3. The lowest BCUT2D eigenvalue weighted by Gasteiger charge is -2.11. The average molecular weight is 273 g/mol. The molecule has 0 heterocycles. The van der Waals surface area contributed by atoms with Gasteiger partial charge in [0.1, 0.15) is 5.75 Å². The third-order valence-electron chi connectivity index (χ3n) is 2.19. The highest BCUT2D eigenvalue weighted by molar-refractivity contribution is 9.10. The minimum absolute atomic E-state index is 0.230. The Morgan fingerprint density at radius 1 is 1.40 bits per heavy atom. The van der Waals surface area contributed by atoms with Crippen LogP contribution in [0.1, 0.15) is 11.1 Å². The monoisotopic (exact) mass is 272 g/mol. The Morgan fingerprint density at radius 2 is 2.07 bits per heavy atom. The first kappa shape index (κ1) is 12.0. The third-order valence-corrected chi connectivity index (χ3v) is 3.05. The number of hydrogen-bond donors (Lipinski definition) is 0. The fraction of sp³-hybridized carbons (Fsp3) is 0.364. The van der Waals surface area contributed by atoms with Crippen molar-refractivity contribution in [1.82, 2.24) is 0 Å². The first-order chi connectivity index (χ1) is 7.10. The van der Waals surface area contributed by atoms with E-state index in [0.29, 0.717) is 0 Å². The standard InChI is InChI=1S/C11H13BrO3/c1-7-9(12)5-4-8(11(7)15-3)6-10(13)14-2/h4-5H,6H2,1-3H3. The number of benzene rings is 1. The molecule has 0 atom stereocenters. The summed E-state index contributed by atoms with van der Waals surface area (Å²) >= 11 is 3.41. The van der Waals surface area contributed by atoms with Crippen LogP contribution >= 0.6 is 15.9 Å². The predicted molar refractivity (Wildman–Crippen MR) is 61.2 cm³/mol. The lowest BCUT2D eigenvalue weighted by Crippen LogP contribution is -2.06. The maximum Gasteiger partial charge on any atom is 0.310 e. The molecule has 1 aromatic carbocycles. The normalized spacial score (nSPS) is 9.87. The Morgan fingerprint density at radius 3 is 2.60 bits per heavy atom. The van der Waals surface area contributed by atoms with E-state index in [1.165, 1.54) is 7.11 Å². The topological polar surface area (TPSA) is 35.5 Å². The fourth-order valence-electron chi connectivity index (χ4n) is 1.37. The molecule has 0 radical (unpaired) electrons. The maximum absolute atomic E-state index is 11.2. The average Bonchev–Trinajstić information content (AvgIpc) is 2.24. The Labute approximate surface area is 97.5 Å². The number of ether oxygens (including phenoxy) is 2. The maximum atomic E-state index is 11.2. The lowest BCUT2D eigenvalue weighted by atomic mass is 10.1. The molecule has 0 aliphatic carbocycles. The van der Waals surface area contributed by atoms with Crippen LogP contribution < -0.4 is 4.74 Å². The van der Waals surface area contributed by atoms with Gasteiger partial charge < -0.3 is 9.47 Å². The molecule has 0 N–H and O–H groups in total. The summed E-state index contributed by atoms with van der Waals surface area (Å²) in [6, 6.07) is 3.75. The van der Waals surface area contributed by atoms with Crippen molar-refractivity contribution in [2.45, 2.75) is 13.3 Å². The molecule has 0 aromatic heterocycles. The van der Waals surface area contributed by atoms with Gasteiger partial charge in [0.2, 0.25) is 0 Å². The van der Waals surface area contributed by atoms with Gasteiger partial charge >= 0.3 is 5.97 Å². The van der Waals surface area contributed by atoms with Crippen molar-refractivity contribution in [3.63, 3.8) is 0 Å². The number of halogens is 1. The molecule has 3 nitrogen and oxygen atoms in total. The van der Waals surface area contributed by atoms with Gasteiger partial charge in [-0.3, -0.25) is 4.79 Å². The molecule has 1 rings (SSSR count). The number of carbonyl (C=O) groups is 1. The molecule has 0 fully saturated rings. The van der Waals surface area contributed by atoms with Gasteiger partial charge in [0, 0.05) is 15.6 Å². The van der Waals surface area contributed by atoms with Crippen molar-refractivity contribution in [2.24, 2.45) is 0 Å². The van der Waals surface area contributed by atoms with E-state index in [4.69, 9.17) is 4.74 Å². The highest BCUT2D eigenvalue weighted by Crippen LogP contribution is 2.30. The van der Waals surface area contributed by atoms with Crippen LogP contribution in [0.15, 0.2) is 16.6 Å². The van der Waals surface area contributed by atoms with Gasteiger partial charge in [0.15, 0.2) is 0 Å². The third kappa shape index (κ3) is 2.72. The molecule has 0 aliphatic heterocycles. The Hall–Kier alpha value is -1.03. The molecule has 4 heteroatoms. The summed E-state index contributed by atoms with van der Waals surface area (Å²) in [5, 5.41) is 0. The smallest absolute Gasteiger partial charge is 0.310 e. The summed E-state index contributed by atoms with van der Waals surface area (Å²) in [4.78, 5) is 11.2. The summed E-state index contributed by atoms with van der Waals surface area (Å²) in [5.41, 5.74) is 1.82. The van der Waals surface area contributed by atoms with Crippen molar-refractivity contribution in [2.75, 3.05) is 14.2 Å². The lowest BCUT2D eigenvalue weighted by molar-refractivity contribution is -0.139. The van der Waals surface area contributed by atoms with Gasteiger partial charge in [-0.1, -0.05) is 22.0 Å². The molecule has 0 aliphatic rings. The summed E-state index contributed by atoms with van der Waals surface area (Å²) in [5.74, 6) is 0.463. The summed E-state index contributed by atoms with van der Waals surface area (Å²) in [7, 11) is 2.97. The number of methoxy groups -OCH3 is 2. The largest absolute Gasteiger partial charge is 0.496 e. The Kier molecular flexibility index (Phi) is 4.15. The van der Waals surface area contributed by atoms with Crippen LogP contribution in [0, 0.1) is 6.92 Å². The molecule has 0 unspecified atom stereocenters. The van der Waals surface area contributed by atoms with Gasteiger partial charge in [0.05, 0.1) is 20.6 Å². The van der Waals surface area contributed by atoms with Crippen molar-refractivity contribution in [3.05, 3.63) is 27.7 Å². The second kappa shape index (κ2) is 5.16. The first-order valence-electron chi connectivity index (χ1n) is 4.49. The van der Waals surface area contributed by atoms with E-state index in [-0.39, 0.29) is 12.4 Å². The summed E-state index contributed by atoms with van der Waals surface area (Å²) in [6.45, 7) is 1.93. The predicted octanol–water partition coefficient (Wildman–Crippen LogP) is 2.48. The molecular formula is C11H13BrO3. The van der Waals surface area contributed by atoms with E-state index in [9.17, 15) is 4.79 Å². The second-order valence-corrected chi connectivity index (χ2v) is 3.97. The van der Waals surface area contributed by atoms with E-state index in [0.717, 1.165) is 21.3 Å². The van der Waals surface area contributed by atoms with Crippen molar-refractivity contribution >= 4 is 21.9 Å². The molecular weight excluding hydrogens is 260 g/mol. The van der Waals surface area contributed by atoms with Crippen LogP contribution in [0.4, 0.5) is 0 Å². The number of esters is 1. The summed E-state index contributed by atoms with van der Waals surface area (Å²) in [6.07, 6.45) is 0.230. The summed E-state index contributed by atoms with van der Waals surface area (Å²) < 4.78 is 10.8. The molecule has 0 amide bonds. The molecule has 0 spiro atoms. The quantitative estimate of drug-likeness (QED) is 0.794. The SMILES string of the molecule is COC(=O)Cc1ccc(Br)c(C)c1OC. The van der Waals surface area contributed by atoms with E-state index >= 15 is 0 Å². The molecule has 82 valence electrons. The van der Waals surface area contributed by atoms with Crippen molar-refractivity contribution < 1.29 is 14.3 Å². The van der Waals surface area contributed by atoms with Gasteiger partial charge in [-0.25, -0.2) is 0 Å². The fourth-order valence-corrected chi connectivity index (χ4v) is 1.69. The Balaban J connectivity index is 3.07. The number of carbonyl (C=O) groups excluding carboxylic acids is 1. The first-order valence-corrected chi connectivity index (χ1v) is 5.28. The molecule has 0 bridgehead atoms. The number of rotatable bonds is 3. The van der Waals surface area contributed by atoms with E-state index in [1.54, 1.807) is 7.11 Å². The molecule has 15 heavy (non-hydrogen) atoms. The van der Waals surface area contributed by atoms with Crippen LogP contribution in [0.5, 0.6) is 5.75 Å². The van der Waals surface area contributed by atoms with E-state index in [1.807, 2.05) is 19.1 Å².